The third-order valence-corrected chi connectivity index (χ3v) is 3.87. The van der Waals surface area contributed by atoms with E-state index in [1.54, 1.807) is 13.2 Å². The van der Waals surface area contributed by atoms with Crippen LogP contribution in [0.2, 0.25) is 0 Å². The van der Waals surface area contributed by atoms with Crippen molar-refractivity contribution in [1.82, 2.24) is 10.3 Å². The van der Waals surface area contributed by atoms with Crippen LogP contribution in [0.25, 0.3) is 10.9 Å². The zero-order valence-corrected chi connectivity index (χ0v) is 13.1. The Balaban J connectivity index is 1.69. The standard InChI is InChI=1S/C18H17F3N2O/c1-24-15-5-6-17-16(8-15)13(11-23-17)10-22-9-12-3-2-4-14(7-12)18(19,20)21/h2-8,11,22-23H,9-10H2,1H3. The summed E-state index contributed by atoms with van der Waals surface area (Å²) in [5.74, 6) is 0.765. The molecule has 3 rings (SSSR count). The lowest BCUT2D eigenvalue weighted by atomic mass is 10.1. The summed E-state index contributed by atoms with van der Waals surface area (Å²) in [6.07, 6.45) is -2.42. The number of nitrogens with one attached hydrogen (secondary N) is 2. The minimum atomic E-state index is -4.32. The molecule has 0 aliphatic rings. The van der Waals surface area contributed by atoms with Gasteiger partial charge in [-0.1, -0.05) is 18.2 Å². The van der Waals surface area contributed by atoms with Crippen LogP contribution in [0.4, 0.5) is 13.2 Å². The second-order valence-corrected chi connectivity index (χ2v) is 5.53. The first kappa shape index (κ1) is 16.4. The number of fused-ring (bicyclic) bond motifs is 1. The molecule has 0 bridgehead atoms. The van der Waals surface area contributed by atoms with E-state index in [2.05, 4.69) is 10.3 Å². The average molecular weight is 334 g/mol. The van der Waals surface area contributed by atoms with E-state index < -0.39 is 11.7 Å². The monoisotopic (exact) mass is 334 g/mol. The highest BCUT2D eigenvalue weighted by atomic mass is 19.4. The number of alkyl halides is 3. The fourth-order valence-electron chi connectivity index (χ4n) is 2.63. The molecule has 0 saturated carbocycles. The number of halogens is 3. The van der Waals surface area contributed by atoms with Crippen LogP contribution in [0.1, 0.15) is 16.7 Å². The molecule has 0 aliphatic heterocycles. The van der Waals surface area contributed by atoms with Crippen molar-refractivity contribution >= 4 is 10.9 Å². The van der Waals surface area contributed by atoms with Gasteiger partial charge in [0.2, 0.25) is 0 Å². The highest BCUT2D eigenvalue weighted by molar-refractivity contribution is 5.84. The highest BCUT2D eigenvalue weighted by Gasteiger charge is 2.30. The molecule has 126 valence electrons. The lowest BCUT2D eigenvalue weighted by Gasteiger charge is -2.09. The van der Waals surface area contributed by atoms with Crippen molar-refractivity contribution in [2.75, 3.05) is 7.11 Å². The molecule has 0 radical (unpaired) electrons. The lowest BCUT2D eigenvalue weighted by molar-refractivity contribution is -0.137. The van der Waals surface area contributed by atoms with E-state index in [0.29, 0.717) is 18.7 Å². The second kappa shape index (κ2) is 6.57. The van der Waals surface area contributed by atoms with Crippen molar-refractivity contribution < 1.29 is 17.9 Å². The van der Waals surface area contributed by atoms with Gasteiger partial charge >= 0.3 is 6.18 Å². The van der Waals surface area contributed by atoms with Gasteiger partial charge in [-0.15, -0.1) is 0 Å². The van der Waals surface area contributed by atoms with Crippen molar-refractivity contribution in [2.24, 2.45) is 0 Å². The maximum atomic E-state index is 12.7. The largest absolute Gasteiger partial charge is 0.497 e. The zero-order valence-electron chi connectivity index (χ0n) is 13.1. The van der Waals surface area contributed by atoms with Crippen LogP contribution in [0.3, 0.4) is 0 Å². The van der Waals surface area contributed by atoms with Crippen molar-refractivity contribution in [2.45, 2.75) is 19.3 Å². The Morgan fingerprint density at radius 1 is 1.08 bits per heavy atom. The van der Waals surface area contributed by atoms with Gasteiger partial charge < -0.3 is 15.0 Å². The van der Waals surface area contributed by atoms with Crippen molar-refractivity contribution in [3.05, 3.63) is 65.4 Å². The first-order valence-corrected chi connectivity index (χ1v) is 7.48. The van der Waals surface area contributed by atoms with E-state index in [4.69, 9.17) is 4.74 Å². The number of H-pyrrole nitrogens is 1. The number of aromatic nitrogens is 1. The molecule has 1 heterocycles. The molecule has 0 amide bonds. The van der Waals surface area contributed by atoms with E-state index in [1.807, 2.05) is 24.4 Å². The molecule has 2 N–H and O–H groups in total. The molecule has 6 heteroatoms. The fourth-order valence-corrected chi connectivity index (χ4v) is 2.63. The van der Waals surface area contributed by atoms with Crippen LogP contribution in [-0.2, 0) is 19.3 Å². The Morgan fingerprint density at radius 2 is 1.92 bits per heavy atom. The molecule has 24 heavy (non-hydrogen) atoms. The number of hydrogen-bond acceptors (Lipinski definition) is 2. The van der Waals surface area contributed by atoms with Gasteiger partial charge in [-0.2, -0.15) is 13.2 Å². The summed E-state index contributed by atoms with van der Waals surface area (Å²) in [6, 6.07) is 11.1. The Labute approximate surface area is 137 Å². The second-order valence-electron chi connectivity index (χ2n) is 5.53. The minimum Gasteiger partial charge on any atom is -0.497 e. The molecule has 1 aromatic heterocycles. The maximum absolute atomic E-state index is 12.7. The maximum Gasteiger partial charge on any atom is 0.416 e. The molecular weight excluding hydrogens is 317 g/mol. The van der Waals surface area contributed by atoms with Gasteiger partial charge in [0.15, 0.2) is 0 Å². The predicted molar refractivity (Wildman–Crippen MR) is 86.8 cm³/mol. The summed E-state index contributed by atoms with van der Waals surface area (Å²) in [6.45, 7) is 0.907. The Morgan fingerprint density at radius 3 is 2.67 bits per heavy atom. The molecule has 0 unspecified atom stereocenters. The van der Waals surface area contributed by atoms with Crippen molar-refractivity contribution in [1.29, 1.82) is 0 Å². The van der Waals surface area contributed by atoms with Gasteiger partial charge in [-0.25, -0.2) is 0 Å². The number of benzene rings is 2. The number of methoxy groups -OCH3 is 1. The zero-order chi connectivity index (χ0) is 17.2. The SMILES string of the molecule is COc1ccc2[nH]cc(CNCc3cccc(C(F)(F)F)c3)c2c1. The van der Waals surface area contributed by atoms with E-state index >= 15 is 0 Å². The van der Waals surface area contributed by atoms with Crippen molar-refractivity contribution in [3.63, 3.8) is 0 Å². The summed E-state index contributed by atoms with van der Waals surface area (Å²) in [5.41, 5.74) is 2.00. The third-order valence-electron chi connectivity index (χ3n) is 3.87. The van der Waals surface area contributed by atoms with Gasteiger partial charge in [0.1, 0.15) is 5.75 Å². The normalized spacial score (nSPS) is 11.8. The number of rotatable bonds is 5. The van der Waals surface area contributed by atoms with Gasteiger partial charge in [0.25, 0.3) is 0 Å². The summed E-state index contributed by atoms with van der Waals surface area (Å²) in [7, 11) is 1.61. The Hall–Kier alpha value is -2.47. The van der Waals surface area contributed by atoms with E-state index in [-0.39, 0.29) is 0 Å². The van der Waals surface area contributed by atoms with Crippen LogP contribution in [-0.4, -0.2) is 12.1 Å². The molecule has 0 aliphatic carbocycles. The number of ether oxygens (including phenoxy) is 1. The van der Waals surface area contributed by atoms with Crippen LogP contribution < -0.4 is 10.1 Å². The van der Waals surface area contributed by atoms with E-state index in [9.17, 15) is 13.2 Å². The smallest absolute Gasteiger partial charge is 0.416 e. The molecule has 0 saturated heterocycles. The number of hydrogen-bond donors (Lipinski definition) is 2. The van der Waals surface area contributed by atoms with E-state index in [1.165, 1.54) is 12.1 Å². The molecule has 3 nitrogen and oxygen atoms in total. The molecule has 0 fully saturated rings. The highest BCUT2D eigenvalue weighted by Crippen LogP contribution is 2.29. The lowest BCUT2D eigenvalue weighted by Crippen LogP contribution is -2.13. The summed E-state index contributed by atoms with van der Waals surface area (Å²) < 4.78 is 43.4. The summed E-state index contributed by atoms with van der Waals surface area (Å²) in [5, 5.41) is 4.22. The van der Waals surface area contributed by atoms with Crippen LogP contribution in [0.5, 0.6) is 5.75 Å². The molecule has 0 spiro atoms. The predicted octanol–water partition coefficient (Wildman–Crippen LogP) is 4.49. The van der Waals surface area contributed by atoms with Gasteiger partial charge in [0.05, 0.1) is 12.7 Å². The van der Waals surface area contributed by atoms with E-state index in [0.717, 1.165) is 28.3 Å². The van der Waals surface area contributed by atoms with Gasteiger partial charge in [-0.05, 0) is 35.4 Å². The topological polar surface area (TPSA) is 37.0 Å². The first-order valence-electron chi connectivity index (χ1n) is 7.48. The molecule has 3 aromatic rings. The number of aromatic amines is 1. The van der Waals surface area contributed by atoms with Gasteiger partial charge in [0, 0.05) is 30.2 Å². The first-order chi connectivity index (χ1) is 11.5. The average Bonchev–Trinajstić information content (AvgIpc) is 2.97. The fraction of sp³-hybridized carbons (Fsp3) is 0.222. The summed E-state index contributed by atoms with van der Waals surface area (Å²) in [4.78, 5) is 3.17. The molecular formula is C18H17F3N2O. The Bertz CT molecular complexity index is 840. The van der Waals surface area contributed by atoms with Gasteiger partial charge in [-0.3, -0.25) is 0 Å². The van der Waals surface area contributed by atoms with Crippen LogP contribution in [0, 0.1) is 0 Å². The van der Waals surface area contributed by atoms with Crippen molar-refractivity contribution in [3.8, 4) is 5.75 Å². The summed E-state index contributed by atoms with van der Waals surface area (Å²) >= 11 is 0. The Kier molecular flexibility index (Phi) is 4.49. The third kappa shape index (κ3) is 3.54. The molecule has 0 atom stereocenters. The molecule has 2 aromatic carbocycles. The van der Waals surface area contributed by atoms with Crippen LogP contribution in [0.15, 0.2) is 48.7 Å². The quantitative estimate of drug-likeness (QED) is 0.721. The van der Waals surface area contributed by atoms with Crippen LogP contribution >= 0.6 is 0 Å². The minimum absolute atomic E-state index is 0.362.